The first kappa shape index (κ1) is 17.1. The lowest BCUT2D eigenvalue weighted by Crippen LogP contribution is -2.17. The summed E-state index contributed by atoms with van der Waals surface area (Å²) in [7, 11) is 0. The minimum Gasteiger partial charge on any atom is -0.330 e. The highest BCUT2D eigenvalue weighted by Crippen LogP contribution is 2.43. The SMILES string of the molecule is CCC(C)c1cc(C(CN)C2CC2)nc(-c2ccc(F)cc2)c1C. The summed E-state index contributed by atoms with van der Waals surface area (Å²) >= 11 is 0. The molecule has 1 aromatic heterocycles. The predicted molar refractivity (Wildman–Crippen MR) is 97.6 cm³/mol. The molecule has 0 amide bonds. The van der Waals surface area contributed by atoms with Crippen LogP contribution in [-0.4, -0.2) is 11.5 Å². The maximum Gasteiger partial charge on any atom is 0.123 e. The standard InChI is InChI=1S/C21H27FN2/c1-4-13(2)18-11-20(19(12-23)15-5-6-15)24-21(14(18)3)16-7-9-17(22)10-8-16/h7-11,13,15,19H,4-6,12,23H2,1-3H3. The maximum atomic E-state index is 13.3. The van der Waals surface area contributed by atoms with E-state index in [0.717, 1.165) is 23.4 Å². The van der Waals surface area contributed by atoms with Gasteiger partial charge >= 0.3 is 0 Å². The summed E-state index contributed by atoms with van der Waals surface area (Å²) in [5.41, 5.74) is 11.7. The molecule has 2 unspecified atom stereocenters. The Kier molecular flexibility index (Phi) is 5.00. The third-order valence-corrected chi connectivity index (χ3v) is 5.42. The highest BCUT2D eigenvalue weighted by molar-refractivity contribution is 5.65. The molecule has 1 heterocycles. The fraction of sp³-hybridized carbons (Fsp3) is 0.476. The summed E-state index contributed by atoms with van der Waals surface area (Å²) in [6.07, 6.45) is 3.59. The van der Waals surface area contributed by atoms with Gasteiger partial charge in [0.1, 0.15) is 5.82 Å². The molecule has 1 aliphatic carbocycles. The minimum atomic E-state index is -0.215. The van der Waals surface area contributed by atoms with Gasteiger partial charge in [-0.05, 0) is 79.5 Å². The Labute approximate surface area is 144 Å². The van der Waals surface area contributed by atoms with Crippen LogP contribution in [0.15, 0.2) is 30.3 Å². The Balaban J connectivity index is 2.13. The fourth-order valence-corrected chi connectivity index (χ4v) is 3.51. The van der Waals surface area contributed by atoms with E-state index in [1.807, 2.05) is 12.1 Å². The number of benzene rings is 1. The molecule has 0 bridgehead atoms. The normalized spacial score (nSPS) is 16.9. The number of rotatable bonds is 6. The van der Waals surface area contributed by atoms with Gasteiger partial charge in [0.05, 0.1) is 5.69 Å². The zero-order valence-electron chi connectivity index (χ0n) is 14.8. The average molecular weight is 326 g/mol. The van der Waals surface area contributed by atoms with E-state index in [0.29, 0.717) is 24.3 Å². The predicted octanol–water partition coefficient (Wildman–Crippen LogP) is 5.16. The van der Waals surface area contributed by atoms with Gasteiger partial charge in [-0.1, -0.05) is 13.8 Å². The van der Waals surface area contributed by atoms with Crippen LogP contribution >= 0.6 is 0 Å². The maximum absolute atomic E-state index is 13.3. The van der Waals surface area contributed by atoms with Gasteiger partial charge in [-0.2, -0.15) is 0 Å². The van der Waals surface area contributed by atoms with E-state index in [2.05, 4.69) is 26.8 Å². The van der Waals surface area contributed by atoms with Crippen molar-refractivity contribution in [1.82, 2.24) is 4.98 Å². The monoisotopic (exact) mass is 326 g/mol. The number of hydrogen-bond acceptors (Lipinski definition) is 2. The Morgan fingerprint density at radius 1 is 1.25 bits per heavy atom. The van der Waals surface area contributed by atoms with Crippen molar-refractivity contribution in [2.75, 3.05) is 6.54 Å². The summed E-state index contributed by atoms with van der Waals surface area (Å²) in [6.45, 7) is 7.24. The second-order valence-corrected chi connectivity index (χ2v) is 7.11. The van der Waals surface area contributed by atoms with Gasteiger partial charge in [-0.25, -0.2) is 4.39 Å². The first-order valence-electron chi connectivity index (χ1n) is 9.02. The Morgan fingerprint density at radius 2 is 1.92 bits per heavy atom. The number of pyridine rings is 1. The molecule has 3 rings (SSSR count). The number of halogens is 1. The molecule has 2 aromatic rings. The highest BCUT2D eigenvalue weighted by Gasteiger charge is 2.33. The molecule has 2 atom stereocenters. The molecule has 2 N–H and O–H groups in total. The van der Waals surface area contributed by atoms with Crippen LogP contribution in [0.3, 0.4) is 0 Å². The molecule has 0 aliphatic heterocycles. The lowest BCUT2D eigenvalue weighted by atomic mass is 9.88. The summed E-state index contributed by atoms with van der Waals surface area (Å²) in [5, 5.41) is 0. The quantitative estimate of drug-likeness (QED) is 0.796. The molecule has 0 spiro atoms. The van der Waals surface area contributed by atoms with E-state index >= 15 is 0 Å². The van der Waals surface area contributed by atoms with Crippen LogP contribution in [0.1, 0.15) is 61.8 Å². The molecule has 0 saturated heterocycles. The van der Waals surface area contributed by atoms with Crippen molar-refractivity contribution in [1.29, 1.82) is 0 Å². The molecule has 0 radical (unpaired) electrons. The lowest BCUT2D eigenvalue weighted by molar-refractivity contribution is 0.596. The Morgan fingerprint density at radius 3 is 2.46 bits per heavy atom. The summed E-state index contributed by atoms with van der Waals surface area (Å²) < 4.78 is 13.3. The van der Waals surface area contributed by atoms with Crippen LogP contribution in [0.25, 0.3) is 11.3 Å². The first-order valence-corrected chi connectivity index (χ1v) is 9.02. The largest absolute Gasteiger partial charge is 0.330 e. The molecule has 1 fully saturated rings. The van der Waals surface area contributed by atoms with Gasteiger partial charge in [0, 0.05) is 23.7 Å². The molecular weight excluding hydrogens is 299 g/mol. The second-order valence-electron chi connectivity index (χ2n) is 7.11. The van der Waals surface area contributed by atoms with E-state index in [-0.39, 0.29) is 5.82 Å². The molecule has 128 valence electrons. The summed E-state index contributed by atoms with van der Waals surface area (Å²) in [5.74, 6) is 1.28. The third kappa shape index (κ3) is 3.36. The van der Waals surface area contributed by atoms with Gasteiger partial charge in [0.25, 0.3) is 0 Å². The number of hydrogen-bond donors (Lipinski definition) is 1. The number of nitrogens with zero attached hydrogens (tertiary/aromatic N) is 1. The Bertz CT molecular complexity index is 705. The van der Waals surface area contributed by atoms with E-state index in [1.165, 1.54) is 36.1 Å². The second kappa shape index (κ2) is 7.02. The van der Waals surface area contributed by atoms with E-state index in [1.54, 1.807) is 0 Å². The molecule has 24 heavy (non-hydrogen) atoms. The van der Waals surface area contributed by atoms with E-state index < -0.39 is 0 Å². The van der Waals surface area contributed by atoms with Crippen molar-refractivity contribution in [2.45, 2.75) is 51.9 Å². The van der Waals surface area contributed by atoms with Crippen molar-refractivity contribution in [2.24, 2.45) is 11.7 Å². The molecule has 1 aromatic carbocycles. The Hall–Kier alpha value is -1.74. The van der Waals surface area contributed by atoms with E-state index in [4.69, 9.17) is 10.7 Å². The molecule has 3 heteroatoms. The highest BCUT2D eigenvalue weighted by atomic mass is 19.1. The van der Waals surface area contributed by atoms with Crippen molar-refractivity contribution >= 4 is 0 Å². The number of aromatic nitrogens is 1. The van der Waals surface area contributed by atoms with Crippen LogP contribution in [-0.2, 0) is 0 Å². The summed E-state index contributed by atoms with van der Waals surface area (Å²) in [4.78, 5) is 4.98. The zero-order chi connectivity index (χ0) is 17.3. The fourth-order valence-electron chi connectivity index (χ4n) is 3.51. The van der Waals surface area contributed by atoms with Crippen LogP contribution in [0.4, 0.5) is 4.39 Å². The van der Waals surface area contributed by atoms with Gasteiger partial charge in [-0.3, -0.25) is 4.98 Å². The van der Waals surface area contributed by atoms with Crippen molar-refractivity contribution in [3.63, 3.8) is 0 Å². The lowest BCUT2D eigenvalue weighted by Gasteiger charge is -2.21. The molecular formula is C21H27FN2. The third-order valence-electron chi connectivity index (χ3n) is 5.42. The van der Waals surface area contributed by atoms with Crippen LogP contribution in [0.5, 0.6) is 0 Å². The van der Waals surface area contributed by atoms with Crippen molar-refractivity contribution < 1.29 is 4.39 Å². The van der Waals surface area contributed by atoms with Gasteiger partial charge in [0.2, 0.25) is 0 Å². The molecule has 1 saturated carbocycles. The van der Waals surface area contributed by atoms with Gasteiger partial charge in [-0.15, -0.1) is 0 Å². The summed E-state index contributed by atoms with van der Waals surface area (Å²) in [6, 6.07) is 8.93. The minimum absolute atomic E-state index is 0.215. The number of nitrogens with two attached hydrogens (primary N) is 1. The van der Waals surface area contributed by atoms with Crippen molar-refractivity contribution in [3.05, 3.63) is 53.0 Å². The zero-order valence-corrected chi connectivity index (χ0v) is 14.8. The first-order chi connectivity index (χ1) is 11.5. The smallest absolute Gasteiger partial charge is 0.123 e. The van der Waals surface area contributed by atoms with Crippen LogP contribution in [0.2, 0.25) is 0 Å². The van der Waals surface area contributed by atoms with Crippen LogP contribution in [0, 0.1) is 18.7 Å². The van der Waals surface area contributed by atoms with Crippen LogP contribution < -0.4 is 5.73 Å². The van der Waals surface area contributed by atoms with Crippen molar-refractivity contribution in [3.8, 4) is 11.3 Å². The molecule has 1 aliphatic rings. The molecule has 2 nitrogen and oxygen atoms in total. The topological polar surface area (TPSA) is 38.9 Å². The van der Waals surface area contributed by atoms with Gasteiger partial charge in [0.15, 0.2) is 0 Å². The van der Waals surface area contributed by atoms with E-state index in [9.17, 15) is 4.39 Å². The average Bonchev–Trinajstić information content (AvgIpc) is 3.42. The van der Waals surface area contributed by atoms with Gasteiger partial charge < -0.3 is 5.73 Å².